The van der Waals surface area contributed by atoms with Gasteiger partial charge in [-0.05, 0) is 36.2 Å². The number of nitrogens with one attached hydrogen (secondary N) is 1. The second-order valence-corrected chi connectivity index (χ2v) is 5.25. The van der Waals surface area contributed by atoms with E-state index in [1.807, 2.05) is 37.7 Å². The van der Waals surface area contributed by atoms with Gasteiger partial charge in [-0.2, -0.15) is 16.4 Å². The summed E-state index contributed by atoms with van der Waals surface area (Å²) in [6.07, 6.45) is 0.468. The maximum atomic E-state index is 12.1. The average Bonchev–Trinajstić information content (AvgIpc) is 2.94. The minimum absolute atomic E-state index is 0.133. The van der Waals surface area contributed by atoms with Crippen LogP contribution < -0.4 is 0 Å². The van der Waals surface area contributed by atoms with Crippen LogP contribution in [-0.2, 0) is 17.8 Å². The van der Waals surface area contributed by atoms with Crippen LogP contribution in [0.5, 0.6) is 0 Å². The summed E-state index contributed by atoms with van der Waals surface area (Å²) in [5, 5.41) is 11.1. The molecule has 0 unspecified atom stereocenters. The van der Waals surface area contributed by atoms with Gasteiger partial charge in [-0.15, -0.1) is 0 Å². The number of carbonyl (C=O) groups excluding carboxylic acids is 1. The molecule has 2 aromatic rings. The Labute approximate surface area is 111 Å². The van der Waals surface area contributed by atoms with Gasteiger partial charge in [0.05, 0.1) is 12.1 Å². The minimum Gasteiger partial charge on any atom is -0.341 e. The summed E-state index contributed by atoms with van der Waals surface area (Å²) in [4.78, 5) is 13.8. The molecule has 2 heterocycles. The van der Waals surface area contributed by atoms with E-state index in [4.69, 9.17) is 0 Å². The number of amides is 1. The lowest BCUT2D eigenvalue weighted by atomic mass is 10.1. The molecule has 0 aromatic carbocycles. The third kappa shape index (κ3) is 2.79. The Morgan fingerprint density at radius 2 is 2.28 bits per heavy atom. The third-order valence-corrected chi connectivity index (χ3v) is 3.77. The van der Waals surface area contributed by atoms with E-state index in [0.29, 0.717) is 13.0 Å². The molecule has 0 saturated heterocycles. The molecular weight excluding hydrogens is 246 g/mol. The highest BCUT2D eigenvalue weighted by atomic mass is 32.1. The molecule has 2 rings (SSSR count). The van der Waals surface area contributed by atoms with Crippen LogP contribution in [0.3, 0.4) is 0 Å². The van der Waals surface area contributed by atoms with E-state index in [-0.39, 0.29) is 5.91 Å². The second-order valence-electron chi connectivity index (χ2n) is 4.47. The van der Waals surface area contributed by atoms with Crippen molar-refractivity contribution < 1.29 is 4.79 Å². The van der Waals surface area contributed by atoms with Gasteiger partial charge < -0.3 is 4.90 Å². The molecular formula is C13H17N3OS. The smallest absolute Gasteiger partial charge is 0.227 e. The third-order valence-electron chi connectivity index (χ3n) is 3.04. The normalized spacial score (nSPS) is 10.6. The van der Waals surface area contributed by atoms with E-state index in [0.717, 1.165) is 22.5 Å². The molecule has 0 aliphatic heterocycles. The lowest BCUT2D eigenvalue weighted by molar-refractivity contribution is -0.129. The van der Waals surface area contributed by atoms with Crippen molar-refractivity contribution in [2.45, 2.75) is 26.8 Å². The fourth-order valence-electron chi connectivity index (χ4n) is 1.84. The van der Waals surface area contributed by atoms with Crippen LogP contribution in [0.4, 0.5) is 0 Å². The van der Waals surface area contributed by atoms with Crippen LogP contribution in [-0.4, -0.2) is 28.1 Å². The number of rotatable bonds is 4. The van der Waals surface area contributed by atoms with Crippen molar-refractivity contribution in [2.24, 2.45) is 0 Å². The largest absolute Gasteiger partial charge is 0.341 e. The molecule has 1 N–H and O–H groups in total. The fraction of sp³-hybridized carbons (Fsp3) is 0.385. The number of H-pyrrole nitrogens is 1. The number of thiophene rings is 1. The Hall–Kier alpha value is -1.62. The first-order valence-corrected chi connectivity index (χ1v) is 6.77. The predicted octanol–water partition coefficient (Wildman–Crippen LogP) is 2.29. The van der Waals surface area contributed by atoms with E-state index in [1.165, 1.54) is 0 Å². The first kappa shape index (κ1) is 12.8. The first-order chi connectivity index (χ1) is 8.58. The quantitative estimate of drug-likeness (QED) is 0.920. The summed E-state index contributed by atoms with van der Waals surface area (Å²) >= 11 is 1.62. The molecule has 2 aromatic heterocycles. The lowest BCUT2D eigenvalue weighted by Gasteiger charge is -2.17. The van der Waals surface area contributed by atoms with Crippen LogP contribution >= 0.6 is 11.3 Å². The summed E-state index contributed by atoms with van der Waals surface area (Å²) in [6.45, 7) is 4.54. The standard InChI is InChI=1S/C13H17N3OS/c1-9-12(10(2)15-14-9)7-16(3)13(17)6-11-4-5-18-8-11/h4-5,8H,6-7H2,1-3H3,(H,14,15). The van der Waals surface area contributed by atoms with Gasteiger partial charge in [0.15, 0.2) is 0 Å². The van der Waals surface area contributed by atoms with Crippen molar-refractivity contribution in [1.82, 2.24) is 15.1 Å². The molecule has 18 heavy (non-hydrogen) atoms. The number of aryl methyl sites for hydroxylation is 2. The number of nitrogens with zero attached hydrogens (tertiary/aromatic N) is 2. The molecule has 0 atom stereocenters. The fourth-order valence-corrected chi connectivity index (χ4v) is 2.50. The molecule has 5 heteroatoms. The van der Waals surface area contributed by atoms with Gasteiger partial charge in [-0.3, -0.25) is 9.89 Å². The van der Waals surface area contributed by atoms with Crippen LogP contribution in [0, 0.1) is 13.8 Å². The molecule has 0 saturated carbocycles. The molecule has 4 nitrogen and oxygen atoms in total. The van der Waals surface area contributed by atoms with E-state index < -0.39 is 0 Å². The monoisotopic (exact) mass is 263 g/mol. The van der Waals surface area contributed by atoms with Crippen LogP contribution in [0.2, 0.25) is 0 Å². The summed E-state index contributed by atoms with van der Waals surface area (Å²) in [6, 6.07) is 1.99. The maximum Gasteiger partial charge on any atom is 0.227 e. The Morgan fingerprint density at radius 1 is 1.50 bits per heavy atom. The lowest BCUT2D eigenvalue weighted by Crippen LogP contribution is -2.28. The second kappa shape index (κ2) is 5.35. The summed E-state index contributed by atoms with van der Waals surface area (Å²) in [5.74, 6) is 0.133. The van der Waals surface area contributed by atoms with Crippen molar-refractivity contribution in [1.29, 1.82) is 0 Å². The van der Waals surface area contributed by atoms with Crippen molar-refractivity contribution >= 4 is 17.2 Å². The highest BCUT2D eigenvalue weighted by Gasteiger charge is 2.14. The zero-order valence-corrected chi connectivity index (χ0v) is 11.7. The Kier molecular flexibility index (Phi) is 3.81. The van der Waals surface area contributed by atoms with Gasteiger partial charge in [0.25, 0.3) is 0 Å². The van der Waals surface area contributed by atoms with Crippen molar-refractivity contribution in [3.05, 3.63) is 39.3 Å². The molecule has 0 fully saturated rings. The summed E-state index contributed by atoms with van der Waals surface area (Å²) in [7, 11) is 1.83. The Morgan fingerprint density at radius 3 is 2.83 bits per heavy atom. The van der Waals surface area contributed by atoms with Gasteiger partial charge in [0, 0.05) is 24.8 Å². The van der Waals surface area contributed by atoms with Gasteiger partial charge in [0.2, 0.25) is 5.91 Å². The molecule has 1 amide bonds. The van der Waals surface area contributed by atoms with Crippen molar-refractivity contribution in [2.75, 3.05) is 7.05 Å². The topological polar surface area (TPSA) is 49.0 Å². The number of hydrogen-bond donors (Lipinski definition) is 1. The predicted molar refractivity (Wildman–Crippen MR) is 72.6 cm³/mol. The maximum absolute atomic E-state index is 12.1. The number of carbonyl (C=O) groups is 1. The first-order valence-electron chi connectivity index (χ1n) is 5.83. The zero-order valence-electron chi connectivity index (χ0n) is 10.9. The molecule has 0 radical (unpaired) electrons. The Balaban J connectivity index is 1.99. The average molecular weight is 263 g/mol. The van der Waals surface area contributed by atoms with Crippen LogP contribution in [0.25, 0.3) is 0 Å². The highest BCUT2D eigenvalue weighted by Crippen LogP contribution is 2.13. The van der Waals surface area contributed by atoms with Gasteiger partial charge in [-0.25, -0.2) is 0 Å². The number of aromatic amines is 1. The van der Waals surface area contributed by atoms with Gasteiger partial charge >= 0.3 is 0 Å². The van der Waals surface area contributed by atoms with E-state index in [1.54, 1.807) is 16.2 Å². The highest BCUT2D eigenvalue weighted by molar-refractivity contribution is 7.07. The van der Waals surface area contributed by atoms with E-state index >= 15 is 0 Å². The molecule has 0 aliphatic rings. The summed E-state index contributed by atoms with van der Waals surface area (Å²) < 4.78 is 0. The number of likely N-dealkylation sites (N-methyl/N-ethyl adjacent to an activating group) is 1. The van der Waals surface area contributed by atoms with Crippen LogP contribution in [0.15, 0.2) is 16.8 Å². The molecule has 0 spiro atoms. The number of hydrogen-bond acceptors (Lipinski definition) is 3. The molecule has 0 bridgehead atoms. The SMILES string of the molecule is Cc1n[nH]c(C)c1CN(C)C(=O)Cc1ccsc1. The van der Waals surface area contributed by atoms with Gasteiger partial charge in [0.1, 0.15) is 0 Å². The zero-order chi connectivity index (χ0) is 13.1. The minimum atomic E-state index is 0.133. The van der Waals surface area contributed by atoms with Crippen molar-refractivity contribution in [3.63, 3.8) is 0 Å². The van der Waals surface area contributed by atoms with Gasteiger partial charge in [-0.1, -0.05) is 0 Å². The van der Waals surface area contributed by atoms with Crippen LogP contribution in [0.1, 0.15) is 22.5 Å². The summed E-state index contributed by atoms with van der Waals surface area (Å²) in [5.41, 5.74) is 4.18. The van der Waals surface area contributed by atoms with E-state index in [9.17, 15) is 4.79 Å². The molecule has 96 valence electrons. The van der Waals surface area contributed by atoms with E-state index in [2.05, 4.69) is 10.2 Å². The Bertz CT molecular complexity index is 511. The number of aromatic nitrogens is 2. The van der Waals surface area contributed by atoms with Crippen molar-refractivity contribution in [3.8, 4) is 0 Å². The molecule has 0 aliphatic carbocycles.